The number of benzene rings is 1. The highest BCUT2D eigenvalue weighted by Gasteiger charge is 2.41. The van der Waals surface area contributed by atoms with Gasteiger partial charge >= 0.3 is 0 Å². The molecule has 86 valence electrons. The summed E-state index contributed by atoms with van der Waals surface area (Å²) < 4.78 is 5.28. The molecule has 0 amide bonds. The lowest BCUT2D eigenvalue weighted by Gasteiger charge is -2.31. The van der Waals surface area contributed by atoms with Gasteiger partial charge in [-0.05, 0) is 18.9 Å². The number of hydrogen-bond donors (Lipinski definition) is 0. The van der Waals surface area contributed by atoms with Gasteiger partial charge in [-0.25, -0.2) is 0 Å². The molecule has 1 aromatic carbocycles. The first-order chi connectivity index (χ1) is 7.68. The molecule has 0 bridgehead atoms. The van der Waals surface area contributed by atoms with E-state index in [2.05, 4.69) is 0 Å². The second-order valence-electron chi connectivity index (χ2n) is 4.13. The molecular weight excluding hydrogens is 224 g/mol. The number of Topliss-reactive ketones (excluding diaryl/α,β-unsaturated/α-hetero) is 1. The van der Waals surface area contributed by atoms with Crippen LogP contribution in [0.5, 0.6) is 5.75 Å². The highest BCUT2D eigenvalue weighted by Crippen LogP contribution is 2.44. The number of methoxy groups -OCH3 is 1. The molecule has 0 saturated heterocycles. The van der Waals surface area contributed by atoms with E-state index in [-0.39, 0.29) is 5.78 Å². The number of halogens is 1. The number of carbonyl (C=O) groups excluding carboxylic acids is 1. The molecule has 2 rings (SSSR count). The summed E-state index contributed by atoms with van der Waals surface area (Å²) in [4.78, 5) is 11.1. The molecule has 0 heterocycles. The summed E-state index contributed by atoms with van der Waals surface area (Å²) in [5.74, 6) is 0.817. The Kier molecular flexibility index (Phi) is 3.20. The van der Waals surface area contributed by atoms with Crippen molar-refractivity contribution in [3.63, 3.8) is 0 Å². The molecule has 0 aromatic heterocycles. The van der Waals surface area contributed by atoms with Crippen LogP contribution >= 0.6 is 11.6 Å². The third-order valence-electron chi connectivity index (χ3n) is 3.15. The van der Waals surface area contributed by atoms with Crippen LogP contribution in [-0.2, 0) is 9.67 Å². The van der Waals surface area contributed by atoms with Gasteiger partial charge in [0.1, 0.15) is 10.6 Å². The summed E-state index contributed by atoms with van der Waals surface area (Å²) in [7, 11) is 1.60. The maximum Gasteiger partial charge on any atom is 0.158 e. The number of hydrogen-bond acceptors (Lipinski definition) is 2. The summed E-state index contributed by atoms with van der Waals surface area (Å²) >= 11 is 6.51. The van der Waals surface area contributed by atoms with E-state index in [1.54, 1.807) is 7.11 Å². The van der Waals surface area contributed by atoms with Crippen LogP contribution in [0.4, 0.5) is 0 Å². The third kappa shape index (κ3) is 1.82. The van der Waals surface area contributed by atoms with Crippen molar-refractivity contribution >= 4 is 17.4 Å². The Morgan fingerprint density at radius 2 is 2.06 bits per heavy atom. The standard InChI is InChI=1S/C13H15ClO2/c1-16-11-7-3-2-6-10(11)13(14)9-5-4-8-12(13)15/h2-3,6-7H,4-5,8-9H2,1H3. The maximum atomic E-state index is 12.0. The number of para-hydroxylation sites is 1. The van der Waals surface area contributed by atoms with E-state index in [0.29, 0.717) is 18.6 Å². The molecule has 1 aliphatic carbocycles. The zero-order valence-electron chi connectivity index (χ0n) is 9.33. The van der Waals surface area contributed by atoms with Crippen molar-refractivity contribution in [2.75, 3.05) is 7.11 Å². The van der Waals surface area contributed by atoms with E-state index < -0.39 is 4.87 Å². The molecule has 0 radical (unpaired) electrons. The fraction of sp³-hybridized carbons (Fsp3) is 0.462. The van der Waals surface area contributed by atoms with Gasteiger partial charge in [0.15, 0.2) is 5.78 Å². The van der Waals surface area contributed by atoms with Crippen molar-refractivity contribution in [1.29, 1.82) is 0 Å². The molecule has 2 nitrogen and oxygen atoms in total. The Morgan fingerprint density at radius 3 is 2.75 bits per heavy atom. The smallest absolute Gasteiger partial charge is 0.158 e. The first kappa shape index (κ1) is 11.5. The lowest BCUT2D eigenvalue weighted by Crippen LogP contribution is -2.33. The molecule has 1 unspecified atom stereocenters. The van der Waals surface area contributed by atoms with E-state index in [0.717, 1.165) is 18.4 Å². The minimum absolute atomic E-state index is 0.116. The monoisotopic (exact) mass is 238 g/mol. The normalized spacial score (nSPS) is 25.5. The Morgan fingerprint density at radius 1 is 1.31 bits per heavy atom. The topological polar surface area (TPSA) is 26.3 Å². The van der Waals surface area contributed by atoms with Crippen molar-refractivity contribution in [1.82, 2.24) is 0 Å². The Hall–Kier alpha value is -1.02. The summed E-state index contributed by atoms with van der Waals surface area (Å²) in [6.07, 6.45) is 3.21. The predicted molar refractivity (Wildman–Crippen MR) is 64.0 cm³/mol. The molecule has 0 spiro atoms. The van der Waals surface area contributed by atoms with Crippen LogP contribution in [0, 0.1) is 0 Å². The summed E-state index contributed by atoms with van der Waals surface area (Å²) in [5.41, 5.74) is 0.809. The first-order valence-corrected chi connectivity index (χ1v) is 5.92. The molecule has 1 aliphatic rings. The van der Waals surface area contributed by atoms with Crippen molar-refractivity contribution in [3.05, 3.63) is 29.8 Å². The van der Waals surface area contributed by atoms with Crippen molar-refractivity contribution in [3.8, 4) is 5.75 Å². The molecular formula is C13H15ClO2. The van der Waals surface area contributed by atoms with Crippen LogP contribution in [0.3, 0.4) is 0 Å². The summed E-state index contributed by atoms with van der Waals surface area (Å²) in [5, 5.41) is 0. The number of rotatable bonds is 2. The van der Waals surface area contributed by atoms with Gasteiger partial charge in [0.05, 0.1) is 7.11 Å². The lowest BCUT2D eigenvalue weighted by atomic mass is 9.81. The summed E-state index contributed by atoms with van der Waals surface area (Å²) in [6.45, 7) is 0. The van der Waals surface area contributed by atoms with E-state index in [9.17, 15) is 4.79 Å². The third-order valence-corrected chi connectivity index (χ3v) is 3.75. The Labute approximate surface area is 101 Å². The van der Waals surface area contributed by atoms with Crippen molar-refractivity contribution in [2.45, 2.75) is 30.6 Å². The van der Waals surface area contributed by atoms with Crippen LogP contribution in [0.25, 0.3) is 0 Å². The molecule has 0 N–H and O–H groups in total. The average molecular weight is 239 g/mol. The molecule has 1 saturated carbocycles. The quantitative estimate of drug-likeness (QED) is 0.740. The molecule has 16 heavy (non-hydrogen) atoms. The van der Waals surface area contributed by atoms with Gasteiger partial charge in [0, 0.05) is 12.0 Å². The van der Waals surface area contributed by atoms with Crippen molar-refractivity contribution in [2.24, 2.45) is 0 Å². The highest BCUT2D eigenvalue weighted by atomic mass is 35.5. The van der Waals surface area contributed by atoms with Crippen LogP contribution in [0.2, 0.25) is 0 Å². The van der Waals surface area contributed by atoms with Crippen LogP contribution in [0.15, 0.2) is 24.3 Å². The molecule has 0 aliphatic heterocycles. The maximum absolute atomic E-state index is 12.0. The van der Waals surface area contributed by atoms with E-state index >= 15 is 0 Å². The van der Waals surface area contributed by atoms with Gasteiger partial charge in [0.25, 0.3) is 0 Å². The van der Waals surface area contributed by atoms with Crippen molar-refractivity contribution < 1.29 is 9.53 Å². The molecule has 3 heteroatoms. The Bertz CT molecular complexity index is 403. The minimum atomic E-state index is -0.870. The number of ether oxygens (including phenoxy) is 1. The van der Waals surface area contributed by atoms with Gasteiger partial charge in [0.2, 0.25) is 0 Å². The highest BCUT2D eigenvalue weighted by molar-refractivity contribution is 6.35. The fourth-order valence-electron chi connectivity index (χ4n) is 2.25. The summed E-state index contributed by atoms with van der Waals surface area (Å²) in [6, 6.07) is 7.51. The van der Waals surface area contributed by atoms with Crippen LogP contribution < -0.4 is 4.74 Å². The zero-order chi connectivity index (χ0) is 11.6. The van der Waals surface area contributed by atoms with Gasteiger partial charge < -0.3 is 4.74 Å². The lowest BCUT2D eigenvalue weighted by molar-refractivity contribution is -0.123. The van der Waals surface area contributed by atoms with Crippen LogP contribution in [-0.4, -0.2) is 12.9 Å². The number of alkyl halides is 1. The molecule has 1 aromatic rings. The average Bonchev–Trinajstić information content (AvgIpc) is 2.33. The minimum Gasteiger partial charge on any atom is -0.496 e. The number of carbonyl (C=O) groups is 1. The van der Waals surface area contributed by atoms with Gasteiger partial charge in [-0.15, -0.1) is 11.6 Å². The molecule has 1 atom stereocenters. The molecule has 1 fully saturated rings. The Balaban J connectivity index is 2.44. The van der Waals surface area contributed by atoms with Gasteiger partial charge in [-0.3, -0.25) is 4.79 Å². The van der Waals surface area contributed by atoms with E-state index in [1.807, 2.05) is 24.3 Å². The first-order valence-electron chi connectivity index (χ1n) is 5.54. The zero-order valence-corrected chi connectivity index (χ0v) is 10.1. The second-order valence-corrected chi connectivity index (χ2v) is 4.78. The van der Waals surface area contributed by atoms with E-state index in [1.165, 1.54) is 0 Å². The predicted octanol–water partition coefficient (Wildman–Crippen LogP) is 3.27. The van der Waals surface area contributed by atoms with Crippen LogP contribution in [0.1, 0.15) is 31.2 Å². The van der Waals surface area contributed by atoms with Gasteiger partial charge in [-0.1, -0.05) is 24.6 Å². The largest absolute Gasteiger partial charge is 0.496 e. The fourth-order valence-corrected chi connectivity index (χ4v) is 2.63. The SMILES string of the molecule is COc1ccccc1C1(Cl)CCCCC1=O. The second kappa shape index (κ2) is 4.46. The van der Waals surface area contributed by atoms with E-state index in [4.69, 9.17) is 16.3 Å². The number of ketones is 1. The van der Waals surface area contributed by atoms with Gasteiger partial charge in [-0.2, -0.15) is 0 Å².